The summed E-state index contributed by atoms with van der Waals surface area (Å²) in [7, 11) is 1.67. The molecule has 0 aliphatic carbocycles. The van der Waals surface area contributed by atoms with Gasteiger partial charge in [0.25, 0.3) is 0 Å². The van der Waals surface area contributed by atoms with Gasteiger partial charge in [0.15, 0.2) is 0 Å². The molecule has 3 rings (SSSR count). The monoisotopic (exact) mass is 345 g/mol. The van der Waals surface area contributed by atoms with Gasteiger partial charge in [-0.3, -0.25) is 0 Å². The maximum Gasteiger partial charge on any atom is 0.224 e. The summed E-state index contributed by atoms with van der Waals surface area (Å²) in [5.41, 5.74) is 0.0130. The van der Waals surface area contributed by atoms with Crippen LogP contribution in [0.2, 0.25) is 0 Å². The molecule has 1 aliphatic heterocycles. The Morgan fingerprint density at radius 1 is 1.28 bits per heavy atom. The Labute approximate surface area is 144 Å². The van der Waals surface area contributed by atoms with E-state index in [0.29, 0.717) is 37.2 Å². The highest BCUT2D eigenvalue weighted by Crippen LogP contribution is 2.28. The van der Waals surface area contributed by atoms with Crippen molar-refractivity contribution in [2.24, 2.45) is 0 Å². The van der Waals surface area contributed by atoms with Crippen LogP contribution >= 0.6 is 0 Å². The van der Waals surface area contributed by atoms with Crippen LogP contribution in [0.25, 0.3) is 11.3 Å². The molecular formula is C17H17F2N5O. The van der Waals surface area contributed by atoms with Crippen molar-refractivity contribution in [2.75, 3.05) is 37.0 Å². The van der Waals surface area contributed by atoms with Crippen molar-refractivity contribution < 1.29 is 13.5 Å². The second-order valence-electron chi connectivity index (χ2n) is 5.73. The second-order valence-corrected chi connectivity index (χ2v) is 5.73. The van der Waals surface area contributed by atoms with Crippen LogP contribution in [0.15, 0.2) is 18.2 Å². The fourth-order valence-corrected chi connectivity index (χ4v) is 2.74. The van der Waals surface area contributed by atoms with Gasteiger partial charge in [0, 0.05) is 25.2 Å². The summed E-state index contributed by atoms with van der Waals surface area (Å²) in [6, 6.07) is 5.53. The first kappa shape index (κ1) is 17.0. The highest BCUT2D eigenvalue weighted by Gasteiger charge is 2.22. The summed E-state index contributed by atoms with van der Waals surface area (Å²) in [6.45, 7) is 3.84. The Balaban J connectivity index is 2.08. The fraction of sp³-hybridized carbons (Fsp3) is 0.353. The van der Waals surface area contributed by atoms with E-state index in [1.165, 1.54) is 6.07 Å². The minimum atomic E-state index is -0.914. The van der Waals surface area contributed by atoms with Gasteiger partial charge in [-0.15, -0.1) is 0 Å². The molecule has 1 aromatic heterocycles. The minimum Gasteiger partial charge on any atom is -0.377 e. The van der Waals surface area contributed by atoms with Crippen LogP contribution in [0, 0.1) is 23.0 Å². The molecule has 1 unspecified atom stereocenters. The number of rotatable bonds is 3. The largest absolute Gasteiger partial charge is 0.377 e. The first-order valence-electron chi connectivity index (χ1n) is 7.84. The van der Waals surface area contributed by atoms with Crippen LogP contribution in [-0.4, -0.2) is 42.8 Å². The predicted molar refractivity (Wildman–Crippen MR) is 89.3 cm³/mol. The summed E-state index contributed by atoms with van der Waals surface area (Å²) in [5.74, 6) is -0.835. The third kappa shape index (κ3) is 3.37. The lowest BCUT2D eigenvalue weighted by atomic mass is 10.1. The third-order valence-corrected chi connectivity index (χ3v) is 4.05. The maximum absolute atomic E-state index is 13.9. The van der Waals surface area contributed by atoms with E-state index in [1.54, 1.807) is 13.1 Å². The lowest BCUT2D eigenvalue weighted by Crippen LogP contribution is -2.44. The molecule has 1 atom stereocenters. The van der Waals surface area contributed by atoms with Crippen molar-refractivity contribution in [2.45, 2.75) is 13.0 Å². The van der Waals surface area contributed by atoms with Crippen molar-refractivity contribution in [3.8, 4) is 17.3 Å². The molecule has 1 N–H and O–H groups in total. The third-order valence-electron chi connectivity index (χ3n) is 4.05. The number of hydrogen-bond acceptors (Lipinski definition) is 6. The number of nitrogens with one attached hydrogen (secondary N) is 1. The van der Waals surface area contributed by atoms with Gasteiger partial charge < -0.3 is 15.0 Å². The number of morpholine rings is 1. The van der Waals surface area contributed by atoms with E-state index < -0.39 is 17.2 Å². The standard InChI is InChI=1S/C17H17F2N5O/c1-10-9-25-4-3-24(10)16-7-15(22-17(21-2)23-16)11-5-13(18)12(8-20)14(19)6-11/h5-7,10H,3-4,9H2,1-2H3,(H,21,22,23). The fourth-order valence-electron chi connectivity index (χ4n) is 2.74. The van der Waals surface area contributed by atoms with Crippen molar-refractivity contribution in [3.05, 3.63) is 35.4 Å². The first-order chi connectivity index (χ1) is 12.0. The molecule has 0 bridgehead atoms. The van der Waals surface area contributed by atoms with E-state index in [9.17, 15) is 8.78 Å². The molecule has 25 heavy (non-hydrogen) atoms. The van der Waals surface area contributed by atoms with Crippen LogP contribution in [0.3, 0.4) is 0 Å². The van der Waals surface area contributed by atoms with Crippen molar-refractivity contribution in [1.82, 2.24) is 9.97 Å². The molecular weight excluding hydrogens is 328 g/mol. The van der Waals surface area contributed by atoms with Crippen LogP contribution in [0.1, 0.15) is 12.5 Å². The van der Waals surface area contributed by atoms with E-state index in [4.69, 9.17) is 10.00 Å². The molecule has 1 fully saturated rings. The molecule has 1 saturated heterocycles. The molecule has 0 saturated carbocycles. The van der Waals surface area contributed by atoms with E-state index >= 15 is 0 Å². The topological polar surface area (TPSA) is 74.1 Å². The molecule has 1 aliphatic rings. The van der Waals surface area contributed by atoms with Crippen molar-refractivity contribution in [1.29, 1.82) is 5.26 Å². The highest BCUT2D eigenvalue weighted by molar-refractivity contribution is 5.66. The lowest BCUT2D eigenvalue weighted by Gasteiger charge is -2.34. The van der Waals surface area contributed by atoms with E-state index in [2.05, 4.69) is 20.2 Å². The Hall–Kier alpha value is -2.79. The summed E-state index contributed by atoms with van der Waals surface area (Å²) < 4.78 is 33.3. The van der Waals surface area contributed by atoms with Gasteiger partial charge >= 0.3 is 0 Å². The number of benzene rings is 1. The number of ether oxygens (including phenoxy) is 1. The second kappa shape index (κ2) is 6.99. The summed E-state index contributed by atoms with van der Waals surface area (Å²) in [4.78, 5) is 10.8. The van der Waals surface area contributed by atoms with E-state index in [0.717, 1.165) is 12.1 Å². The predicted octanol–water partition coefficient (Wildman–Crippen LogP) is 2.56. The van der Waals surface area contributed by atoms with Gasteiger partial charge in [0.1, 0.15) is 29.1 Å². The molecule has 6 nitrogen and oxygen atoms in total. The zero-order valence-electron chi connectivity index (χ0n) is 13.9. The van der Waals surface area contributed by atoms with Crippen LogP contribution < -0.4 is 10.2 Å². The normalized spacial score (nSPS) is 17.2. The zero-order chi connectivity index (χ0) is 18.0. The molecule has 2 heterocycles. The maximum atomic E-state index is 13.9. The lowest BCUT2D eigenvalue weighted by molar-refractivity contribution is 0.0985. The van der Waals surface area contributed by atoms with Gasteiger partial charge in [-0.2, -0.15) is 10.2 Å². The molecule has 130 valence electrons. The van der Waals surface area contributed by atoms with Gasteiger partial charge in [-0.1, -0.05) is 0 Å². The quantitative estimate of drug-likeness (QED) is 0.922. The summed E-state index contributed by atoms with van der Waals surface area (Å²) in [5, 5.41) is 11.7. The van der Waals surface area contributed by atoms with Gasteiger partial charge in [-0.05, 0) is 19.1 Å². The Morgan fingerprint density at radius 3 is 2.60 bits per heavy atom. The summed E-state index contributed by atoms with van der Waals surface area (Å²) >= 11 is 0. The molecule has 2 aromatic rings. The van der Waals surface area contributed by atoms with Crippen LogP contribution in [0.4, 0.5) is 20.5 Å². The average Bonchev–Trinajstić information content (AvgIpc) is 2.61. The van der Waals surface area contributed by atoms with Gasteiger partial charge in [0.05, 0.1) is 24.9 Å². The number of nitrogens with zero attached hydrogens (tertiary/aromatic N) is 4. The molecule has 1 aromatic carbocycles. The Bertz CT molecular complexity index is 813. The van der Waals surface area contributed by atoms with E-state index in [1.807, 2.05) is 6.92 Å². The molecule has 8 heteroatoms. The number of nitriles is 1. The van der Waals surface area contributed by atoms with Crippen LogP contribution in [-0.2, 0) is 4.74 Å². The van der Waals surface area contributed by atoms with Crippen LogP contribution in [0.5, 0.6) is 0 Å². The Kier molecular flexibility index (Phi) is 4.76. The first-order valence-corrected chi connectivity index (χ1v) is 7.84. The number of halogens is 2. The smallest absolute Gasteiger partial charge is 0.224 e. The number of aromatic nitrogens is 2. The summed E-state index contributed by atoms with van der Waals surface area (Å²) in [6.07, 6.45) is 0. The van der Waals surface area contributed by atoms with Crippen molar-refractivity contribution in [3.63, 3.8) is 0 Å². The molecule has 0 spiro atoms. The average molecular weight is 345 g/mol. The van der Waals surface area contributed by atoms with Gasteiger partial charge in [0.2, 0.25) is 5.95 Å². The Morgan fingerprint density at radius 2 is 2.00 bits per heavy atom. The SMILES string of the molecule is CNc1nc(-c2cc(F)c(C#N)c(F)c2)cc(N2CCOCC2C)n1. The van der Waals surface area contributed by atoms with Crippen molar-refractivity contribution >= 4 is 11.8 Å². The molecule has 0 radical (unpaired) electrons. The van der Waals surface area contributed by atoms with Gasteiger partial charge in [-0.25, -0.2) is 13.8 Å². The molecule has 0 amide bonds. The number of hydrogen-bond donors (Lipinski definition) is 1. The highest BCUT2D eigenvalue weighted by atomic mass is 19.1. The zero-order valence-corrected chi connectivity index (χ0v) is 13.9. The minimum absolute atomic E-state index is 0.121. The number of anilines is 2. The van der Waals surface area contributed by atoms with E-state index in [-0.39, 0.29) is 11.6 Å².